The molecular formula is C25H30N2O6. The number of hydrogen-bond acceptors (Lipinski definition) is 6. The lowest BCUT2D eigenvalue weighted by molar-refractivity contribution is 0.355. The fourth-order valence-electron chi connectivity index (χ4n) is 4.56. The lowest BCUT2D eigenvalue weighted by atomic mass is 9.84. The summed E-state index contributed by atoms with van der Waals surface area (Å²) in [5.74, 6) is 3.84. The van der Waals surface area contributed by atoms with Gasteiger partial charge in [0.1, 0.15) is 0 Å². The Morgan fingerprint density at radius 1 is 0.515 bits per heavy atom. The van der Waals surface area contributed by atoms with Gasteiger partial charge in [0.2, 0.25) is 0 Å². The SMILES string of the molecule is COc1ccc2[nH]c(C(C)(C)c3[nH]c4ccc(OC)c(OC)c4c3OC)c(OC)c2c1OC. The van der Waals surface area contributed by atoms with Crippen LogP contribution in [0.15, 0.2) is 24.3 Å². The molecule has 0 aliphatic carbocycles. The molecule has 33 heavy (non-hydrogen) atoms. The third-order valence-corrected chi connectivity index (χ3v) is 6.18. The molecule has 0 aliphatic heterocycles. The summed E-state index contributed by atoms with van der Waals surface area (Å²) < 4.78 is 34.2. The second-order valence-electron chi connectivity index (χ2n) is 8.14. The van der Waals surface area contributed by atoms with Crippen LogP contribution in [0, 0.1) is 0 Å². The predicted octanol–water partition coefficient (Wildman–Crippen LogP) is 5.03. The van der Waals surface area contributed by atoms with Crippen LogP contribution in [0.2, 0.25) is 0 Å². The molecule has 0 bridgehead atoms. The van der Waals surface area contributed by atoms with Gasteiger partial charge in [0.25, 0.3) is 0 Å². The van der Waals surface area contributed by atoms with E-state index in [0.29, 0.717) is 34.5 Å². The van der Waals surface area contributed by atoms with Gasteiger partial charge in [-0.15, -0.1) is 0 Å². The Morgan fingerprint density at radius 3 is 1.18 bits per heavy atom. The van der Waals surface area contributed by atoms with Crippen LogP contribution in [0.4, 0.5) is 0 Å². The van der Waals surface area contributed by atoms with Crippen LogP contribution in [0.25, 0.3) is 21.8 Å². The summed E-state index contributed by atoms with van der Waals surface area (Å²) in [6.45, 7) is 4.20. The zero-order valence-corrected chi connectivity index (χ0v) is 20.3. The van der Waals surface area contributed by atoms with E-state index in [2.05, 4.69) is 23.8 Å². The summed E-state index contributed by atoms with van der Waals surface area (Å²) in [4.78, 5) is 7.07. The number of H-pyrrole nitrogens is 2. The smallest absolute Gasteiger partial charge is 0.173 e. The molecule has 176 valence electrons. The number of methoxy groups -OCH3 is 6. The molecule has 0 atom stereocenters. The Bertz CT molecular complexity index is 1220. The molecule has 2 heterocycles. The molecule has 4 rings (SSSR count). The van der Waals surface area contributed by atoms with E-state index in [-0.39, 0.29) is 0 Å². The Morgan fingerprint density at radius 2 is 0.879 bits per heavy atom. The van der Waals surface area contributed by atoms with Gasteiger partial charge in [0.15, 0.2) is 34.5 Å². The Labute approximate surface area is 192 Å². The van der Waals surface area contributed by atoms with Crippen molar-refractivity contribution in [1.82, 2.24) is 9.97 Å². The standard InChI is InChI=1S/C25H30N2O6/c1-25(2,23-21(32-7)17-13(26-23)9-11-15(28-3)19(17)30-5)24-22(33-8)18-14(27-24)10-12-16(29-4)20(18)31-6/h9-12,26-27H,1-8H3. The van der Waals surface area contributed by atoms with Crippen molar-refractivity contribution in [1.29, 1.82) is 0 Å². The zero-order chi connectivity index (χ0) is 23.9. The monoisotopic (exact) mass is 454 g/mol. The summed E-state index contributed by atoms with van der Waals surface area (Å²) in [5.41, 5.74) is 2.90. The predicted molar refractivity (Wildman–Crippen MR) is 128 cm³/mol. The molecule has 2 aromatic carbocycles. The molecule has 0 fully saturated rings. The summed E-state index contributed by atoms with van der Waals surface area (Å²) in [6, 6.07) is 7.65. The van der Waals surface area contributed by atoms with Crippen molar-refractivity contribution in [3.05, 3.63) is 35.7 Å². The van der Waals surface area contributed by atoms with Gasteiger partial charge >= 0.3 is 0 Å². The van der Waals surface area contributed by atoms with Crippen molar-refractivity contribution < 1.29 is 28.4 Å². The Hall–Kier alpha value is -3.68. The van der Waals surface area contributed by atoms with Gasteiger partial charge in [-0.05, 0) is 38.1 Å². The van der Waals surface area contributed by atoms with Crippen molar-refractivity contribution in [2.24, 2.45) is 0 Å². The third-order valence-electron chi connectivity index (χ3n) is 6.18. The highest BCUT2D eigenvalue weighted by molar-refractivity contribution is 5.98. The molecule has 0 aliphatic rings. The first-order chi connectivity index (χ1) is 15.9. The molecule has 0 spiro atoms. The molecule has 2 N–H and O–H groups in total. The fraction of sp³-hybridized carbons (Fsp3) is 0.360. The topological polar surface area (TPSA) is 87.0 Å². The van der Waals surface area contributed by atoms with Crippen LogP contribution < -0.4 is 28.4 Å². The quantitative estimate of drug-likeness (QED) is 0.388. The van der Waals surface area contributed by atoms with Gasteiger partial charge in [-0.25, -0.2) is 0 Å². The van der Waals surface area contributed by atoms with Gasteiger partial charge in [-0.1, -0.05) is 0 Å². The van der Waals surface area contributed by atoms with Gasteiger partial charge < -0.3 is 38.4 Å². The van der Waals surface area contributed by atoms with Gasteiger partial charge in [0.05, 0.1) is 81.3 Å². The highest BCUT2D eigenvalue weighted by Crippen LogP contribution is 2.51. The number of fused-ring (bicyclic) bond motifs is 2. The number of benzene rings is 2. The number of aromatic amines is 2. The minimum atomic E-state index is -0.578. The molecule has 0 saturated carbocycles. The average molecular weight is 455 g/mol. The minimum absolute atomic E-state index is 0.578. The molecule has 4 aromatic rings. The Balaban J connectivity index is 2.03. The molecule has 2 aromatic heterocycles. The van der Waals surface area contributed by atoms with E-state index in [0.717, 1.165) is 33.2 Å². The Kier molecular flexibility index (Phi) is 5.69. The van der Waals surface area contributed by atoms with E-state index in [4.69, 9.17) is 28.4 Å². The number of rotatable bonds is 8. The largest absolute Gasteiger partial charge is 0.494 e. The molecular weight excluding hydrogens is 424 g/mol. The maximum atomic E-state index is 5.91. The highest BCUT2D eigenvalue weighted by atomic mass is 16.5. The van der Waals surface area contributed by atoms with E-state index in [9.17, 15) is 0 Å². The van der Waals surface area contributed by atoms with Crippen molar-refractivity contribution in [3.8, 4) is 34.5 Å². The second-order valence-corrected chi connectivity index (χ2v) is 8.14. The van der Waals surface area contributed by atoms with Crippen LogP contribution in [0.5, 0.6) is 34.5 Å². The highest BCUT2D eigenvalue weighted by Gasteiger charge is 2.37. The van der Waals surface area contributed by atoms with E-state index in [1.54, 1.807) is 42.7 Å². The van der Waals surface area contributed by atoms with Gasteiger partial charge in [0, 0.05) is 0 Å². The number of nitrogens with one attached hydrogen (secondary N) is 2. The van der Waals surface area contributed by atoms with Gasteiger partial charge in [-0.2, -0.15) is 0 Å². The minimum Gasteiger partial charge on any atom is -0.494 e. The molecule has 8 heteroatoms. The third kappa shape index (κ3) is 3.20. The van der Waals surface area contributed by atoms with Crippen LogP contribution in [-0.2, 0) is 5.41 Å². The van der Waals surface area contributed by atoms with Crippen molar-refractivity contribution in [3.63, 3.8) is 0 Å². The maximum Gasteiger partial charge on any atom is 0.173 e. The fourth-order valence-corrected chi connectivity index (χ4v) is 4.56. The van der Waals surface area contributed by atoms with E-state index < -0.39 is 5.41 Å². The van der Waals surface area contributed by atoms with Crippen LogP contribution in [-0.4, -0.2) is 52.6 Å². The normalized spacial score (nSPS) is 11.6. The maximum absolute atomic E-state index is 5.91. The molecule has 0 unspecified atom stereocenters. The summed E-state index contributed by atoms with van der Waals surface area (Å²) in [6.07, 6.45) is 0. The summed E-state index contributed by atoms with van der Waals surface area (Å²) in [7, 11) is 9.77. The molecule has 0 saturated heterocycles. The number of aromatic nitrogens is 2. The van der Waals surface area contributed by atoms with Crippen LogP contribution in [0.1, 0.15) is 25.2 Å². The van der Waals surface area contributed by atoms with Crippen molar-refractivity contribution >= 4 is 21.8 Å². The average Bonchev–Trinajstić information content (AvgIpc) is 3.41. The molecule has 8 nitrogen and oxygen atoms in total. The number of ether oxygens (including phenoxy) is 6. The van der Waals surface area contributed by atoms with Crippen LogP contribution >= 0.6 is 0 Å². The van der Waals surface area contributed by atoms with Gasteiger partial charge in [-0.3, -0.25) is 0 Å². The summed E-state index contributed by atoms with van der Waals surface area (Å²) in [5, 5.41) is 1.63. The number of hydrogen-bond donors (Lipinski definition) is 2. The van der Waals surface area contributed by atoms with Crippen LogP contribution in [0.3, 0.4) is 0 Å². The lowest BCUT2D eigenvalue weighted by Crippen LogP contribution is -2.21. The summed E-state index contributed by atoms with van der Waals surface area (Å²) >= 11 is 0. The van der Waals surface area contributed by atoms with E-state index in [1.165, 1.54) is 0 Å². The molecule has 0 amide bonds. The van der Waals surface area contributed by atoms with E-state index >= 15 is 0 Å². The van der Waals surface area contributed by atoms with Crippen molar-refractivity contribution in [2.45, 2.75) is 19.3 Å². The molecule has 0 radical (unpaired) electrons. The van der Waals surface area contributed by atoms with Crippen molar-refractivity contribution in [2.75, 3.05) is 42.7 Å². The first-order valence-corrected chi connectivity index (χ1v) is 10.5. The second kappa shape index (κ2) is 8.35. The lowest BCUT2D eigenvalue weighted by Gasteiger charge is -2.25. The first-order valence-electron chi connectivity index (χ1n) is 10.5. The first kappa shape index (κ1) is 22.5. The zero-order valence-electron chi connectivity index (χ0n) is 20.3. The van der Waals surface area contributed by atoms with E-state index in [1.807, 2.05) is 24.3 Å².